The standard InChI is InChI=1S/C18H23N7/c1-4-17-21-22-18-11-23(5-6-25(17)18)14-9-24(10-14)16-7-12(2)20-13(3)15(16)8-19/h7,14H,4-6,9-11H2,1-3H3. The summed E-state index contributed by atoms with van der Waals surface area (Å²) in [4.78, 5) is 9.20. The maximum Gasteiger partial charge on any atom is 0.147 e. The molecule has 7 heteroatoms. The van der Waals surface area contributed by atoms with E-state index in [4.69, 9.17) is 0 Å². The molecule has 0 saturated carbocycles. The first-order valence-electron chi connectivity index (χ1n) is 8.89. The number of aryl methyl sites for hydroxylation is 3. The maximum absolute atomic E-state index is 9.46. The van der Waals surface area contributed by atoms with E-state index in [2.05, 4.69) is 42.5 Å². The van der Waals surface area contributed by atoms with Crippen LogP contribution in [0.15, 0.2) is 6.07 Å². The Morgan fingerprint density at radius 2 is 2.04 bits per heavy atom. The third-order valence-corrected chi connectivity index (χ3v) is 5.31. The molecule has 0 radical (unpaired) electrons. The predicted octanol–water partition coefficient (Wildman–Crippen LogP) is 1.43. The average Bonchev–Trinajstić information content (AvgIpc) is 2.95. The summed E-state index contributed by atoms with van der Waals surface area (Å²) in [5.74, 6) is 2.17. The van der Waals surface area contributed by atoms with Gasteiger partial charge >= 0.3 is 0 Å². The minimum absolute atomic E-state index is 0.510. The van der Waals surface area contributed by atoms with Gasteiger partial charge in [-0.2, -0.15) is 5.26 Å². The number of aromatic nitrogens is 4. The molecule has 0 aromatic carbocycles. The second kappa shape index (κ2) is 6.12. The summed E-state index contributed by atoms with van der Waals surface area (Å²) >= 11 is 0. The summed E-state index contributed by atoms with van der Waals surface area (Å²) in [5, 5.41) is 18.1. The average molecular weight is 337 g/mol. The lowest BCUT2D eigenvalue weighted by atomic mass is 10.0. The zero-order valence-corrected chi connectivity index (χ0v) is 15.0. The van der Waals surface area contributed by atoms with E-state index in [9.17, 15) is 5.26 Å². The normalized spacial score (nSPS) is 17.9. The fraction of sp³-hybridized carbons (Fsp3) is 0.556. The molecule has 25 heavy (non-hydrogen) atoms. The third kappa shape index (κ3) is 2.67. The van der Waals surface area contributed by atoms with Crippen LogP contribution in [0.3, 0.4) is 0 Å². The van der Waals surface area contributed by atoms with Gasteiger partial charge in [-0.1, -0.05) is 6.92 Å². The van der Waals surface area contributed by atoms with Crippen molar-refractivity contribution in [1.82, 2.24) is 24.6 Å². The minimum Gasteiger partial charge on any atom is -0.367 e. The first kappa shape index (κ1) is 16.0. The van der Waals surface area contributed by atoms with Crippen molar-refractivity contribution in [2.75, 3.05) is 24.5 Å². The lowest BCUT2D eigenvalue weighted by molar-refractivity contribution is 0.128. The molecule has 0 spiro atoms. The number of pyridine rings is 1. The SMILES string of the molecule is CCc1nnc2n1CCN(C1CN(c3cc(C)nc(C)c3C#N)C1)C2. The summed E-state index contributed by atoms with van der Waals surface area (Å²) < 4.78 is 2.26. The van der Waals surface area contributed by atoms with Gasteiger partial charge in [0.15, 0.2) is 0 Å². The lowest BCUT2D eigenvalue weighted by Crippen LogP contribution is -2.61. The van der Waals surface area contributed by atoms with Crippen molar-refractivity contribution in [3.05, 3.63) is 34.7 Å². The van der Waals surface area contributed by atoms with Crippen LogP contribution in [-0.2, 0) is 19.5 Å². The van der Waals surface area contributed by atoms with Crippen molar-refractivity contribution in [3.63, 3.8) is 0 Å². The molecule has 0 bridgehead atoms. The van der Waals surface area contributed by atoms with Gasteiger partial charge in [0.1, 0.15) is 17.7 Å². The molecule has 4 heterocycles. The Kier molecular flexibility index (Phi) is 3.92. The molecule has 4 rings (SSSR count). The number of hydrogen-bond acceptors (Lipinski definition) is 6. The molecule has 2 aliphatic heterocycles. The maximum atomic E-state index is 9.46. The second-order valence-electron chi connectivity index (χ2n) is 6.92. The van der Waals surface area contributed by atoms with Crippen molar-refractivity contribution in [1.29, 1.82) is 5.26 Å². The van der Waals surface area contributed by atoms with Crippen LogP contribution in [0.25, 0.3) is 0 Å². The van der Waals surface area contributed by atoms with Gasteiger partial charge in [-0.25, -0.2) is 0 Å². The molecule has 2 aliphatic rings. The van der Waals surface area contributed by atoms with Crippen molar-refractivity contribution < 1.29 is 0 Å². The minimum atomic E-state index is 0.510. The highest BCUT2D eigenvalue weighted by Crippen LogP contribution is 2.30. The Hall–Kier alpha value is -2.46. The van der Waals surface area contributed by atoms with Gasteiger partial charge in [0, 0.05) is 44.3 Å². The molecule has 0 unspecified atom stereocenters. The van der Waals surface area contributed by atoms with Crippen LogP contribution < -0.4 is 4.90 Å². The molecule has 0 aliphatic carbocycles. The smallest absolute Gasteiger partial charge is 0.147 e. The van der Waals surface area contributed by atoms with Crippen molar-refractivity contribution in [3.8, 4) is 6.07 Å². The Balaban J connectivity index is 1.46. The van der Waals surface area contributed by atoms with E-state index in [1.54, 1.807) is 0 Å². The van der Waals surface area contributed by atoms with Crippen LogP contribution in [0.5, 0.6) is 0 Å². The van der Waals surface area contributed by atoms with E-state index < -0.39 is 0 Å². The molecule has 1 saturated heterocycles. The summed E-state index contributed by atoms with van der Waals surface area (Å²) in [7, 11) is 0. The van der Waals surface area contributed by atoms with Crippen LogP contribution in [0.2, 0.25) is 0 Å². The molecule has 130 valence electrons. The molecule has 0 amide bonds. The molecule has 7 nitrogen and oxygen atoms in total. The van der Waals surface area contributed by atoms with E-state index >= 15 is 0 Å². The molecule has 1 fully saturated rings. The molecule has 0 atom stereocenters. The molecule has 2 aromatic heterocycles. The van der Waals surface area contributed by atoms with Gasteiger partial charge in [0.2, 0.25) is 0 Å². The van der Waals surface area contributed by atoms with Crippen LogP contribution in [0, 0.1) is 25.2 Å². The van der Waals surface area contributed by atoms with Gasteiger partial charge in [0.25, 0.3) is 0 Å². The first-order chi connectivity index (χ1) is 12.1. The highest BCUT2D eigenvalue weighted by molar-refractivity contribution is 5.63. The third-order valence-electron chi connectivity index (χ3n) is 5.31. The number of fused-ring (bicyclic) bond motifs is 1. The van der Waals surface area contributed by atoms with Gasteiger partial charge in [-0.15, -0.1) is 10.2 Å². The van der Waals surface area contributed by atoms with Crippen LogP contribution >= 0.6 is 0 Å². The van der Waals surface area contributed by atoms with Gasteiger partial charge in [-0.3, -0.25) is 9.88 Å². The van der Waals surface area contributed by atoms with Crippen molar-refractivity contribution in [2.45, 2.75) is 46.3 Å². The van der Waals surface area contributed by atoms with Crippen molar-refractivity contribution in [2.24, 2.45) is 0 Å². The number of nitrogens with zero attached hydrogens (tertiary/aromatic N) is 7. The second-order valence-corrected chi connectivity index (χ2v) is 6.92. The number of anilines is 1. The monoisotopic (exact) mass is 337 g/mol. The first-order valence-corrected chi connectivity index (χ1v) is 8.89. The van der Waals surface area contributed by atoms with E-state index in [0.717, 1.165) is 67.9 Å². The largest absolute Gasteiger partial charge is 0.367 e. The van der Waals surface area contributed by atoms with Crippen molar-refractivity contribution >= 4 is 5.69 Å². The highest BCUT2D eigenvalue weighted by Gasteiger charge is 2.35. The van der Waals surface area contributed by atoms with Crippen LogP contribution in [0.4, 0.5) is 5.69 Å². The summed E-state index contributed by atoms with van der Waals surface area (Å²) in [5.41, 5.74) is 3.51. The Morgan fingerprint density at radius 3 is 2.76 bits per heavy atom. The van der Waals surface area contributed by atoms with Gasteiger partial charge in [0.05, 0.1) is 23.5 Å². The highest BCUT2D eigenvalue weighted by atomic mass is 15.4. The summed E-state index contributed by atoms with van der Waals surface area (Å²) in [6.07, 6.45) is 0.932. The Morgan fingerprint density at radius 1 is 1.24 bits per heavy atom. The molecule has 0 N–H and O–H groups in total. The summed E-state index contributed by atoms with van der Waals surface area (Å²) in [6.45, 7) is 10.8. The Labute approximate surface area is 147 Å². The predicted molar refractivity (Wildman–Crippen MR) is 94.2 cm³/mol. The zero-order valence-electron chi connectivity index (χ0n) is 15.0. The lowest BCUT2D eigenvalue weighted by Gasteiger charge is -2.48. The Bertz CT molecular complexity index is 842. The number of hydrogen-bond donors (Lipinski definition) is 0. The van der Waals surface area contributed by atoms with E-state index in [-0.39, 0.29) is 0 Å². The fourth-order valence-corrected chi connectivity index (χ4v) is 3.89. The van der Waals surface area contributed by atoms with E-state index in [1.807, 2.05) is 19.9 Å². The van der Waals surface area contributed by atoms with E-state index in [1.165, 1.54) is 0 Å². The molecule has 2 aromatic rings. The molecular formula is C18H23N7. The van der Waals surface area contributed by atoms with Crippen LogP contribution in [0.1, 0.15) is 35.5 Å². The summed E-state index contributed by atoms with van der Waals surface area (Å²) in [6, 6.07) is 4.86. The van der Waals surface area contributed by atoms with Gasteiger partial charge in [-0.05, 0) is 19.9 Å². The molecular weight excluding hydrogens is 314 g/mol. The van der Waals surface area contributed by atoms with Crippen LogP contribution in [-0.4, -0.2) is 50.3 Å². The fourth-order valence-electron chi connectivity index (χ4n) is 3.89. The quantitative estimate of drug-likeness (QED) is 0.843. The number of nitriles is 1. The topological polar surface area (TPSA) is 73.9 Å². The number of rotatable bonds is 3. The van der Waals surface area contributed by atoms with E-state index in [0.29, 0.717) is 11.6 Å². The zero-order chi connectivity index (χ0) is 17.6. The van der Waals surface area contributed by atoms with Gasteiger partial charge < -0.3 is 9.47 Å².